The normalized spacial score (nSPS) is 19.2. The van der Waals surface area contributed by atoms with Crippen molar-refractivity contribution >= 4 is 17.7 Å². The predicted octanol–water partition coefficient (Wildman–Crippen LogP) is 2.82. The van der Waals surface area contributed by atoms with E-state index in [0.29, 0.717) is 19.1 Å². The monoisotopic (exact) mass is 401 g/mol. The zero-order chi connectivity index (χ0) is 20.6. The van der Waals surface area contributed by atoms with E-state index in [4.69, 9.17) is 4.74 Å². The molecule has 0 saturated carbocycles. The molecule has 29 heavy (non-hydrogen) atoms. The summed E-state index contributed by atoms with van der Waals surface area (Å²) in [5.74, 6) is 1.65. The van der Waals surface area contributed by atoms with Crippen LogP contribution in [0.2, 0.25) is 0 Å². The van der Waals surface area contributed by atoms with Crippen LogP contribution in [0, 0.1) is 5.92 Å². The van der Waals surface area contributed by atoms with Crippen LogP contribution >= 0.6 is 0 Å². The Hall–Kier alpha value is -2.44. The fraction of sp³-hybridized carbons (Fsp3) is 0.636. The third-order valence-electron chi connectivity index (χ3n) is 6.04. The van der Waals surface area contributed by atoms with Crippen molar-refractivity contribution in [2.75, 3.05) is 45.2 Å². The lowest BCUT2D eigenvalue weighted by Crippen LogP contribution is -2.49. The first-order valence-corrected chi connectivity index (χ1v) is 10.7. The molecule has 0 spiro atoms. The van der Waals surface area contributed by atoms with Gasteiger partial charge in [0, 0.05) is 51.5 Å². The fourth-order valence-corrected chi connectivity index (χ4v) is 4.00. The van der Waals surface area contributed by atoms with Gasteiger partial charge in [0.15, 0.2) is 5.96 Å². The summed E-state index contributed by atoms with van der Waals surface area (Å²) in [7, 11) is 3.22. The van der Waals surface area contributed by atoms with Gasteiger partial charge in [-0.1, -0.05) is 19.1 Å². The van der Waals surface area contributed by atoms with Crippen molar-refractivity contribution < 1.29 is 9.53 Å². The number of nitrogens with zero attached hydrogens (tertiary/aromatic N) is 3. The van der Waals surface area contributed by atoms with Crippen LogP contribution in [0.5, 0.6) is 0 Å². The molecule has 2 saturated heterocycles. The smallest absolute Gasteiger partial charge is 0.409 e. The molecule has 0 bridgehead atoms. The maximum absolute atomic E-state index is 11.6. The highest BCUT2D eigenvalue weighted by molar-refractivity contribution is 5.80. The Morgan fingerprint density at radius 2 is 1.76 bits per heavy atom. The highest BCUT2D eigenvalue weighted by Crippen LogP contribution is 2.23. The highest BCUT2D eigenvalue weighted by atomic mass is 16.5. The SMILES string of the molecule is CN=C(NCc1ccc(N2CCC(C)CC2)cc1)NC1CCN(C(=O)OC)CC1. The Kier molecular flexibility index (Phi) is 7.61. The number of guanidine groups is 1. The van der Waals surface area contributed by atoms with Crippen molar-refractivity contribution in [3.63, 3.8) is 0 Å². The van der Waals surface area contributed by atoms with Crippen LogP contribution in [0.25, 0.3) is 0 Å². The zero-order valence-corrected chi connectivity index (χ0v) is 18.0. The molecule has 0 unspecified atom stereocenters. The molecule has 2 N–H and O–H groups in total. The lowest BCUT2D eigenvalue weighted by Gasteiger charge is -2.32. The number of likely N-dealkylation sites (tertiary alicyclic amines) is 1. The Balaban J connectivity index is 1.43. The maximum atomic E-state index is 11.6. The fourth-order valence-electron chi connectivity index (χ4n) is 4.00. The minimum Gasteiger partial charge on any atom is -0.453 e. The van der Waals surface area contributed by atoms with Gasteiger partial charge in [0.2, 0.25) is 0 Å². The third kappa shape index (κ3) is 6.02. The second kappa shape index (κ2) is 10.4. The minimum absolute atomic E-state index is 0.242. The van der Waals surface area contributed by atoms with Crippen LogP contribution in [0.3, 0.4) is 0 Å². The van der Waals surface area contributed by atoms with E-state index in [1.807, 2.05) is 0 Å². The molecule has 160 valence electrons. The molecule has 2 heterocycles. The summed E-state index contributed by atoms with van der Waals surface area (Å²) in [6.07, 6.45) is 4.10. The van der Waals surface area contributed by atoms with Crippen LogP contribution in [0.4, 0.5) is 10.5 Å². The van der Waals surface area contributed by atoms with Gasteiger partial charge in [0.1, 0.15) is 0 Å². The number of carbonyl (C=O) groups excluding carboxylic acids is 1. The standard InChI is InChI=1S/C22H35N5O2/c1-17-8-12-26(13-9-17)20-6-4-18(5-7-20)16-24-21(23-2)25-19-10-14-27(15-11-19)22(28)29-3/h4-7,17,19H,8-16H2,1-3H3,(H2,23,24,25). The molecular formula is C22H35N5O2. The van der Waals surface area contributed by atoms with Crippen LogP contribution in [0.15, 0.2) is 29.3 Å². The van der Waals surface area contributed by atoms with Gasteiger partial charge in [-0.2, -0.15) is 0 Å². The molecule has 0 radical (unpaired) electrons. The van der Waals surface area contributed by atoms with E-state index in [1.165, 1.54) is 31.2 Å². The molecule has 2 aliphatic heterocycles. The van der Waals surface area contributed by atoms with Gasteiger partial charge in [0.25, 0.3) is 0 Å². The largest absolute Gasteiger partial charge is 0.453 e. The quantitative estimate of drug-likeness (QED) is 0.600. The molecule has 0 aromatic heterocycles. The van der Waals surface area contributed by atoms with E-state index in [1.54, 1.807) is 11.9 Å². The van der Waals surface area contributed by atoms with E-state index in [2.05, 4.69) is 51.7 Å². The van der Waals surface area contributed by atoms with Gasteiger partial charge >= 0.3 is 6.09 Å². The Morgan fingerprint density at radius 1 is 1.10 bits per heavy atom. The van der Waals surface area contributed by atoms with Crippen LogP contribution in [-0.4, -0.2) is 63.3 Å². The number of benzene rings is 1. The number of anilines is 1. The number of hydrogen-bond acceptors (Lipinski definition) is 4. The van der Waals surface area contributed by atoms with Gasteiger partial charge < -0.3 is 25.2 Å². The lowest BCUT2D eigenvalue weighted by molar-refractivity contribution is 0.111. The van der Waals surface area contributed by atoms with Gasteiger partial charge in [-0.3, -0.25) is 4.99 Å². The first-order chi connectivity index (χ1) is 14.1. The number of piperidine rings is 2. The topological polar surface area (TPSA) is 69.2 Å². The molecule has 1 amide bonds. The first kappa shape index (κ1) is 21.3. The number of hydrogen-bond donors (Lipinski definition) is 2. The maximum Gasteiger partial charge on any atom is 0.409 e. The number of ether oxygens (including phenoxy) is 1. The van der Waals surface area contributed by atoms with Gasteiger partial charge in [0.05, 0.1) is 7.11 Å². The lowest BCUT2D eigenvalue weighted by atomic mass is 9.99. The Labute approximate surface area is 174 Å². The number of amides is 1. The number of methoxy groups -OCH3 is 1. The van der Waals surface area contributed by atoms with E-state index in [0.717, 1.165) is 44.4 Å². The van der Waals surface area contributed by atoms with Gasteiger partial charge in [-0.25, -0.2) is 4.79 Å². The summed E-state index contributed by atoms with van der Waals surface area (Å²) >= 11 is 0. The van der Waals surface area contributed by atoms with Crippen LogP contribution in [-0.2, 0) is 11.3 Å². The van der Waals surface area contributed by atoms with E-state index < -0.39 is 0 Å². The summed E-state index contributed by atoms with van der Waals surface area (Å²) in [4.78, 5) is 20.2. The molecule has 0 atom stereocenters. The highest BCUT2D eigenvalue weighted by Gasteiger charge is 2.23. The summed E-state index contributed by atoms with van der Waals surface area (Å²) in [5, 5.41) is 6.88. The Morgan fingerprint density at radius 3 is 2.34 bits per heavy atom. The molecule has 3 rings (SSSR count). The van der Waals surface area contributed by atoms with Crippen molar-refractivity contribution in [2.24, 2.45) is 10.9 Å². The summed E-state index contributed by atoms with van der Waals surface area (Å²) < 4.78 is 4.79. The molecular weight excluding hydrogens is 366 g/mol. The third-order valence-corrected chi connectivity index (χ3v) is 6.04. The number of carbonyl (C=O) groups is 1. The van der Waals surface area contributed by atoms with Crippen molar-refractivity contribution in [1.82, 2.24) is 15.5 Å². The second-order valence-electron chi connectivity index (χ2n) is 8.14. The van der Waals surface area contributed by atoms with E-state index in [-0.39, 0.29) is 6.09 Å². The average Bonchev–Trinajstić information content (AvgIpc) is 2.77. The van der Waals surface area contributed by atoms with Crippen molar-refractivity contribution in [3.05, 3.63) is 29.8 Å². The van der Waals surface area contributed by atoms with Crippen LogP contribution < -0.4 is 15.5 Å². The van der Waals surface area contributed by atoms with E-state index in [9.17, 15) is 4.79 Å². The number of rotatable bonds is 4. The molecule has 7 nitrogen and oxygen atoms in total. The molecule has 7 heteroatoms. The van der Waals surface area contributed by atoms with E-state index >= 15 is 0 Å². The second-order valence-corrected chi connectivity index (χ2v) is 8.14. The predicted molar refractivity (Wildman–Crippen MR) is 117 cm³/mol. The molecule has 2 fully saturated rings. The summed E-state index contributed by atoms with van der Waals surface area (Å²) in [6.45, 7) is 6.80. The van der Waals surface area contributed by atoms with Crippen molar-refractivity contribution in [1.29, 1.82) is 0 Å². The number of aliphatic imine (C=N–C) groups is 1. The van der Waals surface area contributed by atoms with Crippen LogP contribution in [0.1, 0.15) is 38.2 Å². The molecule has 2 aliphatic rings. The first-order valence-electron chi connectivity index (χ1n) is 10.7. The summed E-state index contributed by atoms with van der Waals surface area (Å²) in [5.41, 5.74) is 2.56. The Bertz CT molecular complexity index is 675. The van der Waals surface area contributed by atoms with Crippen molar-refractivity contribution in [3.8, 4) is 0 Å². The molecule has 0 aliphatic carbocycles. The average molecular weight is 402 g/mol. The summed E-state index contributed by atoms with van der Waals surface area (Å²) in [6, 6.07) is 9.16. The molecule has 1 aromatic carbocycles. The molecule has 1 aromatic rings. The van der Waals surface area contributed by atoms with Gasteiger partial charge in [-0.15, -0.1) is 0 Å². The van der Waals surface area contributed by atoms with Gasteiger partial charge in [-0.05, 0) is 49.3 Å². The number of nitrogens with one attached hydrogen (secondary N) is 2. The van der Waals surface area contributed by atoms with Crippen molar-refractivity contribution in [2.45, 2.75) is 45.2 Å². The minimum atomic E-state index is -0.242. The zero-order valence-electron chi connectivity index (χ0n) is 18.0.